The molecule has 0 radical (unpaired) electrons. The van der Waals surface area contributed by atoms with Crippen molar-refractivity contribution in [2.24, 2.45) is 0 Å². The van der Waals surface area contributed by atoms with Crippen LogP contribution >= 0.6 is 0 Å². The van der Waals surface area contributed by atoms with E-state index in [0.717, 1.165) is 23.2 Å². The Kier molecular flexibility index (Phi) is 8.44. The largest absolute Gasteiger partial charge is 0.508 e. The lowest BCUT2D eigenvalue weighted by Gasteiger charge is -2.47. The minimum atomic E-state index is -1.08. The number of aromatic hydroxyl groups is 1. The summed E-state index contributed by atoms with van der Waals surface area (Å²) in [6.07, 6.45) is 0. The Hall–Kier alpha value is -3.75. The van der Waals surface area contributed by atoms with Gasteiger partial charge in [0.15, 0.2) is 0 Å². The van der Waals surface area contributed by atoms with E-state index in [2.05, 4.69) is 23.6 Å². The number of carboxylic acid groups (broad SMARTS) is 1. The van der Waals surface area contributed by atoms with Gasteiger partial charge in [-0.15, -0.1) is 0 Å². The predicted molar refractivity (Wildman–Crippen MR) is 143 cm³/mol. The van der Waals surface area contributed by atoms with Gasteiger partial charge in [-0.25, -0.2) is 4.39 Å². The first-order chi connectivity index (χ1) is 18.1. The number of phenolic OH excluding ortho intramolecular Hbond substituents is 1. The van der Waals surface area contributed by atoms with Crippen LogP contribution in [0.2, 0.25) is 0 Å². The van der Waals surface area contributed by atoms with Crippen molar-refractivity contribution < 1.29 is 24.2 Å². The number of carbonyl (C=O) groups excluding carboxylic acids is 1. The van der Waals surface area contributed by atoms with Crippen molar-refractivity contribution in [3.8, 4) is 5.75 Å². The summed E-state index contributed by atoms with van der Waals surface area (Å²) >= 11 is 0. The van der Waals surface area contributed by atoms with E-state index in [4.69, 9.17) is 5.11 Å². The van der Waals surface area contributed by atoms with Gasteiger partial charge in [0.05, 0.1) is 6.04 Å². The van der Waals surface area contributed by atoms with Crippen LogP contribution in [0.15, 0.2) is 72.8 Å². The van der Waals surface area contributed by atoms with Gasteiger partial charge in [-0.3, -0.25) is 19.4 Å². The van der Waals surface area contributed by atoms with Crippen molar-refractivity contribution in [2.75, 3.05) is 26.7 Å². The topological polar surface area (TPSA) is 84.3 Å². The van der Waals surface area contributed by atoms with Gasteiger partial charge in [-0.2, -0.15) is 0 Å². The minimum absolute atomic E-state index is 0.112. The van der Waals surface area contributed by atoms with Gasteiger partial charge in [0.25, 0.3) is 5.91 Å². The molecule has 1 aliphatic heterocycles. The Bertz CT molecular complexity index is 1300. The molecule has 3 atom stereocenters. The maximum absolute atomic E-state index is 13.8. The normalized spacial score (nSPS) is 19.2. The summed E-state index contributed by atoms with van der Waals surface area (Å²) in [5.41, 5.74) is 3.11. The first kappa shape index (κ1) is 27.3. The van der Waals surface area contributed by atoms with Crippen LogP contribution in [0.25, 0.3) is 0 Å². The predicted octanol–water partition coefficient (Wildman–Crippen LogP) is 4.37. The lowest BCUT2D eigenvalue weighted by atomic mass is 9.92. The number of halogens is 1. The number of carbonyl (C=O) groups is 2. The number of carboxylic acids is 1. The third-order valence-corrected chi connectivity index (χ3v) is 7.12. The molecule has 1 aliphatic rings. The van der Waals surface area contributed by atoms with Crippen molar-refractivity contribution in [1.82, 2.24) is 14.7 Å². The van der Waals surface area contributed by atoms with Gasteiger partial charge in [0.2, 0.25) is 0 Å². The van der Waals surface area contributed by atoms with Crippen LogP contribution in [-0.4, -0.2) is 75.6 Å². The Morgan fingerprint density at radius 1 is 0.974 bits per heavy atom. The molecule has 0 spiro atoms. The SMILES string of the molecule is C[C@@H]1CN(C(c2cccc(O)c2)c2cccc(C(=O)N(C)CC(=O)O)c2)[C@H](C)CN1Cc1cccc(F)c1. The fourth-order valence-corrected chi connectivity index (χ4v) is 5.28. The number of aliphatic carboxylic acids is 1. The van der Waals surface area contributed by atoms with E-state index in [1.807, 2.05) is 30.3 Å². The van der Waals surface area contributed by atoms with E-state index in [1.54, 1.807) is 36.4 Å². The molecule has 1 amide bonds. The zero-order valence-corrected chi connectivity index (χ0v) is 21.9. The second-order valence-corrected chi connectivity index (χ2v) is 10.1. The highest BCUT2D eigenvalue weighted by Crippen LogP contribution is 2.35. The molecular weight excluding hydrogens is 485 g/mol. The van der Waals surface area contributed by atoms with Crippen LogP contribution in [0.4, 0.5) is 4.39 Å². The zero-order chi connectivity index (χ0) is 27.4. The van der Waals surface area contributed by atoms with Crippen LogP contribution in [0, 0.1) is 5.82 Å². The van der Waals surface area contributed by atoms with Gasteiger partial charge in [0, 0.05) is 44.3 Å². The number of rotatable bonds is 8. The summed E-state index contributed by atoms with van der Waals surface area (Å²) in [7, 11) is 1.47. The Morgan fingerprint density at radius 2 is 1.66 bits per heavy atom. The van der Waals surface area contributed by atoms with Crippen LogP contribution in [0.5, 0.6) is 5.75 Å². The number of nitrogens with zero attached hydrogens (tertiary/aromatic N) is 3. The highest BCUT2D eigenvalue weighted by molar-refractivity contribution is 5.95. The van der Waals surface area contributed by atoms with Crippen molar-refractivity contribution in [3.63, 3.8) is 0 Å². The summed E-state index contributed by atoms with van der Waals surface area (Å²) in [6.45, 7) is 6.03. The minimum Gasteiger partial charge on any atom is -0.508 e. The first-order valence-electron chi connectivity index (χ1n) is 12.7. The Labute approximate surface area is 222 Å². The number of amides is 1. The number of hydrogen-bond donors (Lipinski definition) is 2. The van der Waals surface area contributed by atoms with Gasteiger partial charge >= 0.3 is 5.97 Å². The number of hydrogen-bond acceptors (Lipinski definition) is 5. The van der Waals surface area contributed by atoms with Crippen molar-refractivity contribution in [2.45, 2.75) is 38.5 Å². The molecule has 200 valence electrons. The zero-order valence-electron chi connectivity index (χ0n) is 21.9. The molecule has 0 aromatic heterocycles. The smallest absolute Gasteiger partial charge is 0.323 e. The van der Waals surface area contributed by atoms with E-state index >= 15 is 0 Å². The number of likely N-dealkylation sites (N-methyl/N-ethyl adjacent to an activating group) is 1. The number of piperazine rings is 1. The fraction of sp³-hybridized carbons (Fsp3) is 0.333. The second-order valence-electron chi connectivity index (χ2n) is 10.1. The average molecular weight is 520 g/mol. The lowest BCUT2D eigenvalue weighted by Crippen LogP contribution is -2.56. The molecule has 3 aromatic rings. The van der Waals surface area contributed by atoms with Crippen LogP contribution in [0.3, 0.4) is 0 Å². The van der Waals surface area contributed by atoms with Gasteiger partial charge in [-0.05, 0) is 66.9 Å². The molecule has 0 aliphatic carbocycles. The molecule has 3 aromatic carbocycles. The number of benzene rings is 3. The van der Waals surface area contributed by atoms with Crippen LogP contribution < -0.4 is 0 Å². The molecule has 0 bridgehead atoms. The van der Waals surface area contributed by atoms with E-state index in [-0.39, 0.29) is 42.1 Å². The van der Waals surface area contributed by atoms with E-state index in [1.165, 1.54) is 18.0 Å². The Balaban J connectivity index is 1.65. The third-order valence-electron chi connectivity index (χ3n) is 7.12. The highest BCUT2D eigenvalue weighted by atomic mass is 19.1. The summed E-state index contributed by atoms with van der Waals surface area (Å²) in [5, 5.41) is 19.4. The second kappa shape index (κ2) is 11.8. The quantitative estimate of drug-likeness (QED) is 0.460. The van der Waals surface area contributed by atoms with Crippen molar-refractivity contribution in [1.29, 1.82) is 0 Å². The number of phenols is 1. The summed E-state index contributed by atoms with van der Waals surface area (Å²) in [6, 6.07) is 21.1. The molecule has 7 nitrogen and oxygen atoms in total. The van der Waals surface area contributed by atoms with Crippen LogP contribution in [-0.2, 0) is 11.3 Å². The van der Waals surface area contributed by atoms with Gasteiger partial charge in [-0.1, -0.05) is 36.4 Å². The maximum Gasteiger partial charge on any atom is 0.323 e. The van der Waals surface area contributed by atoms with Gasteiger partial charge in [0.1, 0.15) is 18.1 Å². The molecule has 8 heteroatoms. The monoisotopic (exact) mass is 519 g/mol. The molecule has 1 heterocycles. The van der Waals surface area contributed by atoms with E-state index < -0.39 is 5.97 Å². The van der Waals surface area contributed by atoms with Crippen LogP contribution in [0.1, 0.15) is 46.9 Å². The summed E-state index contributed by atoms with van der Waals surface area (Å²) in [5.74, 6) is -1.53. The fourth-order valence-electron chi connectivity index (χ4n) is 5.28. The van der Waals surface area contributed by atoms with Gasteiger partial charge < -0.3 is 15.1 Å². The third kappa shape index (κ3) is 6.38. The van der Waals surface area contributed by atoms with Crippen molar-refractivity contribution in [3.05, 3.63) is 101 Å². The van der Waals surface area contributed by atoms with E-state index in [9.17, 15) is 19.1 Å². The molecule has 4 rings (SSSR count). The molecule has 0 saturated carbocycles. The molecule has 1 fully saturated rings. The highest BCUT2D eigenvalue weighted by Gasteiger charge is 2.35. The van der Waals surface area contributed by atoms with Crippen molar-refractivity contribution >= 4 is 11.9 Å². The lowest BCUT2D eigenvalue weighted by molar-refractivity contribution is -0.137. The summed E-state index contributed by atoms with van der Waals surface area (Å²) < 4.78 is 13.8. The average Bonchev–Trinajstić information content (AvgIpc) is 2.86. The molecular formula is C30H34FN3O4. The van der Waals surface area contributed by atoms with E-state index in [0.29, 0.717) is 18.7 Å². The summed E-state index contributed by atoms with van der Waals surface area (Å²) in [4.78, 5) is 30.0. The maximum atomic E-state index is 13.8. The Morgan fingerprint density at radius 3 is 2.34 bits per heavy atom. The molecule has 2 N–H and O–H groups in total. The molecule has 38 heavy (non-hydrogen) atoms. The standard InChI is InChI=1S/C30H34FN3O4/c1-20-17-34(21(2)16-33(20)18-22-7-4-11-26(31)13-22)29(24-9-6-12-27(35)15-24)23-8-5-10-25(14-23)30(38)32(3)19-28(36)37/h4-15,20-21,29,35H,16-19H2,1-3H3,(H,36,37)/t20-,21-,29?/m1/s1. The molecule has 1 saturated heterocycles. The molecule has 1 unspecified atom stereocenters. The first-order valence-corrected chi connectivity index (χ1v) is 12.7.